The van der Waals surface area contributed by atoms with Crippen molar-refractivity contribution in [1.82, 2.24) is 10.2 Å². The van der Waals surface area contributed by atoms with Gasteiger partial charge < -0.3 is 10.1 Å². The predicted molar refractivity (Wildman–Crippen MR) is 121 cm³/mol. The maximum atomic E-state index is 12.8. The Morgan fingerprint density at radius 1 is 1.10 bits per heavy atom. The molecule has 0 amide bonds. The lowest BCUT2D eigenvalue weighted by Crippen LogP contribution is -2.35. The Kier molecular flexibility index (Phi) is 8.10. The summed E-state index contributed by atoms with van der Waals surface area (Å²) in [6, 6.07) is 17.9. The van der Waals surface area contributed by atoms with Crippen molar-refractivity contribution in [3.63, 3.8) is 0 Å². The van der Waals surface area contributed by atoms with Gasteiger partial charge in [0, 0.05) is 12.7 Å². The first-order chi connectivity index (χ1) is 15.1. The number of allylic oxidation sites excluding steroid dienone is 1. The Labute approximate surface area is 185 Å². The summed E-state index contributed by atoms with van der Waals surface area (Å²) >= 11 is 0. The van der Waals surface area contributed by atoms with Crippen molar-refractivity contribution >= 4 is 9.84 Å². The summed E-state index contributed by atoms with van der Waals surface area (Å²) in [5, 5.41) is 12.6. The zero-order valence-corrected chi connectivity index (χ0v) is 18.6. The van der Waals surface area contributed by atoms with Gasteiger partial charge in [0.1, 0.15) is 11.8 Å². The third kappa shape index (κ3) is 5.87. The molecule has 164 valence electrons. The van der Waals surface area contributed by atoms with Crippen molar-refractivity contribution in [2.75, 3.05) is 26.7 Å². The third-order valence-electron chi connectivity index (χ3n) is 5.58. The van der Waals surface area contributed by atoms with Crippen molar-refractivity contribution in [3.8, 4) is 11.8 Å². The molecule has 0 aromatic heterocycles. The van der Waals surface area contributed by atoms with Crippen LogP contribution >= 0.6 is 0 Å². The van der Waals surface area contributed by atoms with E-state index in [9.17, 15) is 13.7 Å². The number of sulfone groups is 1. The van der Waals surface area contributed by atoms with E-state index in [2.05, 4.69) is 10.2 Å². The van der Waals surface area contributed by atoms with E-state index in [4.69, 9.17) is 4.74 Å². The number of benzene rings is 2. The molecule has 3 rings (SSSR count). The molecule has 0 bridgehead atoms. The van der Waals surface area contributed by atoms with Gasteiger partial charge in [-0.1, -0.05) is 43.2 Å². The molecule has 0 saturated carbocycles. The Balaban J connectivity index is 1.80. The van der Waals surface area contributed by atoms with Gasteiger partial charge in [0.15, 0.2) is 4.91 Å². The van der Waals surface area contributed by atoms with Crippen LogP contribution in [0.2, 0.25) is 0 Å². The van der Waals surface area contributed by atoms with Gasteiger partial charge in [-0.15, -0.1) is 0 Å². The molecule has 2 aromatic rings. The number of nitrogens with zero attached hydrogens (tertiary/aromatic N) is 2. The fourth-order valence-corrected chi connectivity index (χ4v) is 4.98. The second kappa shape index (κ2) is 11.0. The van der Waals surface area contributed by atoms with Gasteiger partial charge in [0.05, 0.1) is 18.0 Å². The molecule has 1 aliphatic rings. The van der Waals surface area contributed by atoms with E-state index < -0.39 is 9.84 Å². The van der Waals surface area contributed by atoms with E-state index in [1.807, 2.05) is 30.3 Å². The van der Waals surface area contributed by atoms with Gasteiger partial charge in [-0.05, 0) is 55.8 Å². The summed E-state index contributed by atoms with van der Waals surface area (Å²) in [6.07, 6.45) is 6.08. The number of nitrogens with one attached hydrogen (secondary N) is 1. The van der Waals surface area contributed by atoms with Crippen LogP contribution < -0.4 is 10.1 Å². The fourth-order valence-electron chi connectivity index (χ4n) is 3.85. The first-order valence-electron chi connectivity index (χ1n) is 10.6. The minimum atomic E-state index is -3.85. The van der Waals surface area contributed by atoms with E-state index in [0.29, 0.717) is 6.54 Å². The van der Waals surface area contributed by atoms with E-state index in [-0.39, 0.29) is 15.8 Å². The molecule has 0 aliphatic carbocycles. The molecular weight excluding hydrogens is 410 g/mol. The van der Waals surface area contributed by atoms with Crippen LogP contribution in [0.4, 0.5) is 0 Å². The van der Waals surface area contributed by atoms with Gasteiger partial charge in [-0.25, -0.2) is 8.42 Å². The van der Waals surface area contributed by atoms with Crippen LogP contribution in [0, 0.1) is 11.3 Å². The molecule has 7 heteroatoms. The van der Waals surface area contributed by atoms with Crippen LogP contribution in [0.1, 0.15) is 37.3 Å². The number of ether oxygens (including phenoxy) is 1. The lowest BCUT2D eigenvalue weighted by atomic mass is 10.0. The minimum absolute atomic E-state index is 0.0691. The SMILES string of the molecule is COc1ccc([C@@H](CN/C=C(\C#N)S(=O)(=O)c2ccccc2)N2CCCCCC2)cc1. The third-order valence-corrected chi connectivity index (χ3v) is 7.26. The highest BCUT2D eigenvalue weighted by Crippen LogP contribution is 2.26. The average molecular weight is 440 g/mol. The van der Waals surface area contributed by atoms with Crippen LogP contribution in [0.25, 0.3) is 0 Å². The van der Waals surface area contributed by atoms with E-state index >= 15 is 0 Å². The first-order valence-corrected chi connectivity index (χ1v) is 12.1. The van der Waals surface area contributed by atoms with Crippen LogP contribution in [0.5, 0.6) is 5.75 Å². The Morgan fingerprint density at radius 2 is 1.74 bits per heavy atom. The number of hydrogen-bond donors (Lipinski definition) is 1. The molecule has 0 spiro atoms. The molecule has 1 heterocycles. The van der Waals surface area contributed by atoms with Crippen molar-refractivity contribution in [3.05, 3.63) is 71.3 Å². The van der Waals surface area contributed by atoms with Crippen molar-refractivity contribution in [1.29, 1.82) is 5.26 Å². The molecule has 1 saturated heterocycles. The lowest BCUT2D eigenvalue weighted by Gasteiger charge is -2.31. The van der Waals surface area contributed by atoms with Crippen molar-refractivity contribution < 1.29 is 13.2 Å². The second-order valence-electron chi connectivity index (χ2n) is 7.58. The molecular formula is C24H29N3O3S. The molecule has 1 N–H and O–H groups in total. The maximum absolute atomic E-state index is 12.8. The van der Waals surface area contributed by atoms with E-state index in [1.165, 1.54) is 31.2 Å². The largest absolute Gasteiger partial charge is 0.497 e. The van der Waals surface area contributed by atoms with Gasteiger partial charge in [-0.3, -0.25) is 4.90 Å². The van der Waals surface area contributed by atoms with Crippen LogP contribution in [0.3, 0.4) is 0 Å². The summed E-state index contributed by atoms with van der Waals surface area (Å²) < 4.78 is 30.8. The summed E-state index contributed by atoms with van der Waals surface area (Å²) in [5.41, 5.74) is 1.13. The molecule has 1 atom stereocenters. The smallest absolute Gasteiger partial charge is 0.218 e. The average Bonchev–Trinajstić information content (AvgIpc) is 3.09. The quantitative estimate of drug-likeness (QED) is 0.625. The van der Waals surface area contributed by atoms with Crippen LogP contribution in [-0.2, 0) is 9.84 Å². The molecule has 1 aliphatic heterocycles. The normalized spacial score (nSPS) is 16.7. The zero-order valence-electron chi connectivity index (χ0n) is 17.8. The molecule has 6 nitrogen and oxygen atoms in total. The summed E-state index contributed by atoms with van der Waals surface area (Å²) in [7, 11) is -2.20. The molecule has 0 radical (unpaired) electrons. The maximum Gasteiger partial charge on any atom is 0.218 e. The number of likely N-dealkylation sites (tertiary alicyclic amines) is 1. The molecule has 2 aromatic carbocycles. The van der Waals surface area contributed by atoms with Crippen molar-refractivity contribution in [2.45, 2.75) is 36.6 Å². The van der Waals surface area contributed by atoms with Gasteiger partial charge in [0.25, 0.3) is 0 Å². The standard InChI is InChI=1S/C24H29N3O3S/c1-30-21-13-11-20(12-14-21)24(27-15-7-2-3-8-16-27)19-26-18-23(17-25)31(28,29)22-9-5-4-6-10-22/h4-6,9-14,18,24,26H,2-3,7-8,15-16,19H2,1H3/b23-18+/t24-/m1/s1. The topological polar surface area (TPSA) is 82.4 Å². The Morgan fingerprint density at radius 3 is 2.32 bits per heavy atom. The predicted octanol–water partition coefficient (Wildman–Crippen LogP) is 4.04. The number of rotatable bonds is 8. The molecule has 1 fully saturated rings. The summed E-state index contributed by atoms with van der Waals surface area (Å²) in [5.74, 6) is 0.798. The van der Waals surface area contributed by atoms with Gasteiger partial charge in [0.2, 0.25) is 9.84 Å². The lowest BCUT2D eigenvalue weighted by molar-refractivity contribution is 0.204. The Hall–Kier alpha value is -2.82. The van der Waals surface area contributed by atoms with Gasteiger partial charge in [-0.2, -0.15) is 5.26 Å². The monoisotopic (exact) mass is 439 g/mol. The van der Waals surface area contributed by atoms with Crippen molar-refractivity contribution in [2.24, 2.45) is 0 Å². The van der Waals surface area contributed by atoms with E-state index in [1.54, 1.807) is 25.3 Å². The summed E-state index contributed by atoms with van der Waals surface area (Å²) in [6.45, 7) is 2.49. The van der Waals surface area contributed by atoms with Crippen LogP contribution in [0.15, 0.2) is 70.6 Å². The highest BCUT2D eigenvalue weighted by molar-refractivity contribution is 7.95. The van der Waals surface area contributed by atoms with Crippen LogP contribution in [-0.4, -0.2) is 40.1 Å². The number of nitriles is 1. The number of methoxy groups -OCH3 is 1. The summed E-state index contributed by atoms with van der Waals surface area (Å²) in [4.78, 5) is 2.26. The minimum Gasteiger partial charge on any atom is -0.497 e. The highest BCUT2D eigenvalue weighted by Gasteiger charge is 2.23. The highest BCUT2D eigenvalue weighted by atomic mass is 32.2. The molecule has 0 unspecified atom stereocenters. The zero-order chi connectivity index (χ0) is 22.1. The number of hydrogen-bond acceptors (Lipinski definition) is 6. The second-order valence-corrected chi connectivity index (χ2v) is 9.50. The Bertz CT molecular complexity index is 1000. The fraction of sp³-hybridized carbons (Fsp3) is 0.375. The van der Waals surface area contributed by atoms with Gasteiger partial charge >= 0.3 is 0 Å². The first kappa shape index (κ1) is 22.9. The molecule has 31 heavy (non-hydrogen) atoms. The van der Waals surface area contributed by atoms with E-state index in [0.717, 1.165) is 37.2 Å².